The van der Waals surface area contributed by atoms with Gasteiger partial charge in [0, 0.05) is 64.2 Å². The van der Waals surface area contributed by atoms with Gasteiger partial charge >= 0.3 is 29.8 Å². The van der Waals surface area contributed by atoms with Crippen LogP contribution in [0.3, 0.4) is 0 Å². The number of ether oxygens (including phenoxy) is 10. The molecule has 10 aromatic rings. The second-order valence-electron chi connectivity index (χ2n) is 31.4. The van der Waals surface area contributed by atoms with Crippen molar-refractivity contribution in [2.45, 2.75) is 187 Å². The summed E-state index contributed by atoms with van der Waals surface area (Å²) in [6, 6.07) is 72.7. The van der Waals surface area contributed by atoms with Gasteiger partial charge in [-0.1, -0.05) is 191 Å². The van der Waals surface area contributed by atoms with Crippen molar-refractivity contribution in [2.24, 2.45) is 29.6 Å². The Morgan fingerprint density at radius 2 is 0.534 bits per heavy atom. The van der Waals surface area contributed by atoms with E-state index in [-0.39, 0.29) is 41.7 Å². The van der Waals surface area contributed by atoms with Crippen LogP contribution in [0.15, 0.2) is 218 Å². The number of hydrogen-bond donors (Lipinski definition) is 0. The van der Waals surface area contributed by atoms with E-state index in [9.17, 15) is 24.0 Å². The molecule has 15 heteroatoms. The van der Waals surface area contributed by atoms with Gasteiger partial charge in [-0.3, -0.25) is 24.0 Å². The van der Waals surface area contributed by atoms with E-state index in [2.05, 4.69) is 181 Å². The molecule has 0 aliphatic rings. The van der Waals surface area contributed by atoms with Crippen LogP contribution in [-0.2, 0) is 24.0 Å². The van der Waals surface area contributed by atoms with Crippen LogP contribution in [0.4, 0.5) is 0 Å². The largest absolute Gasteiger partial charge is 0.497 e. The van der Waals surface area contributed by atoms with E-state index in [0.717, 1.165) is 71.1 Å². The van der Waals surface area contributed by atoms with Crippen molar-refractivity contribution in [1.29, 1.82) is 0 Å². The van der Waals surface area contributed by atoms with Gasteiger partial charge < -0.3 is 47.4 Å². The maximum Gasteiger partial charge on any atom is 0.308 e. The summed E-state index contributed by atoms with van der Waals surface area (Å²) < 4.78 is 52.2. The Bertz CT molecular complexity index is 4770. The topological polar surface area (TPSA) is 178 Å². The summed E-state index contributed by atoms with van der Waals surface area (Å²) in [6.07, 6.45) is 4.33. The van der Waals surface area contributed by atoms with Crippen LogP contribution in [0.5, 0.6) is 57.5 Å². The van der Waals surface area contributed by atoms with Crippen molar-refractivity contribution >= 4 is 29.8 Å². The van der Waals surface area contributed by atoms with Gasteiger partial charge in [0.05, 0.1) is 35.5 Å². The number of carbonyl (C=O) groups is 5. The maximum atomic E-state index is 11.2. The Kier molecular flexibility index (Phi) is 38.5. The van der Waals surface area contributed by atoms with E-state index in [1.807, 2.05) is 134 Å². The first kappa shape index (κ1) is 95.4. The zero-order valence-electron chi connectivity index (χ0n) is 74.0. The third-order valence-corrected chi connectivity index (χ3v) is 20.6. The quantitative estimate of drug-likeness (QED) is 0.0319. The monoisotopic (exact) mass is 1600 g/mol. The number of carbonyl (C=O) groups excluding carboxylic acids is 5. The summed E-state index contributed by atoms with van der Waals surface area (Å²) in [7, 11) is 8.41. The Morgan fingerprint density at radius 3 is 0.831 bits per heavy atom. The predicted octanol–water partition coefficient (Wildman–Crippen LogP) is 24.8. The Hall–Kier alpha value is -11.5. The Balaban J connectivity index is 0.000000229. The van der Waals surface area contributed by atoms with E-state index in [4.69, 9.17) is 47.4 Å². The van der Waals surface area contributed by atoms with E-state index >= 15 is 0 Å². The molecule has 0 amide bonds. The minimum absolute atomic E-state index is 0.277. The van der Waals surface area contributed by atoms with Crippen LogP contribution in [0.25, 0.3) is 0 Å². The molecule has 5 unspecified atom stereocenters. The molecule has 0 aliphatic heterocycles. The van der Waals surface area contributed by atoms with Crippen LogP contribution in [-0.4, -0.2) is 65.4 Å². The summed E-state index contributed by atoms with van der Waals surface area (Å²) in [6.45, 7) is 37.6. The molecule has 0 fully saturated rings. The number of benzene rings is 10. The molecule has 10 rings (SSSR count). The zero-order valence-corrected chi connectivity index (χ0v) is 74.0. The highest BCUT2D eigenvalue weighted by Gasteiger charge is 2.26. The molecule has 15 nitrogen and oxygen atoms in total. The fourth-order valence-electron chi connectivity index (χ4n) is 15.1. The average molecular weight is 1600 g/mol. The van der Waals surface area contributed by atoms with Crippen molar-refractivity contribution in [3.63, 3.8) is 0 Å². The standard InChI is InChI=1S/C22H28O3.2C21H26O3.C20H24O3.C19H22O3/c1-14(2)11-22(20-9-7-18(24-6)12-15(20)3)21-10-8-19(13-16(21)4)25-17(5)23;1-13(2)21(17-7-9-19(23-6)14(3)11-17)18-8-10-20(15(4)12-18)24-16(5)22;1-5-16(6-2)21(17-7-11-19(23-4)12-8-17)18-9-13-20(14-10-18)24-15(3)22;1-14(2)13-20(16-5-9-18(22-4)10-6-16)17-7-11-19(12-8-17)23-15(3)21;1-13(2)19(15-5-9-17(21-4)10-6-15)16-7-11-18(12-8-16)22-14(3)20/h7-10,12-14,22H,11H2,1-6H3;7-13,21H,1-6H3;7-14,16,21H,5-6H2,1-4H3;5-12,14,20H,13H2,1-4H3;5-13,19H,1-4H3. The van der Waals surface area contributed by atoms with Gasteiger partial charge in [0.25, 0.3) is 0 Å². The fraction of sp³-hybridized carbons (Fsp3) is 0.369. The lowest BCUT2D eigenvalue weighted by atomic mass is 9.78. The van der Waals surface area contributed by atoms with Crippen LogP contribution < -0.4 is 47.4 Å². The first-order chi connectivity index (χ1) is 56.2. The molecular formula is C103H126O15. The van der Waals surface area contributed by atoms with Crippen LogP contribution >= 0.6 is 0 Å². The molecule has 5 atom stereocenters. The van der Waals surface area contributed by atoms with E-state index in [1.165, 1.54) is 95.8 Å². The molecule has 0 heterocycles. The number of aryl methyl sites for hydroxylation is 4. The van der Waals surface area contributed by atoms with E-state index in [1.54, 1.807) is 35.5 Å². The average Bonchev–Trinajstić information content (AvgIpc) is 0.802. The van der Waals surface area contributed by atoms with Gasteiger partial charge in [-0.05, 0) is 257 Å². The van der Waals surface area contributed by atoms with Crippen molar-refractivity contribution < 1.29 is 71.3 Å². The second kappa shape index (κ2) is 47.7. The predicted molar refractivity (Wildman–Crippen MR) is 475 cm³/mol. The van der Waals surface area contributed by atoms with Crippen LogP contribution in [0, 0.1) is 57.3 Å². The first-order valence-electron chi connectivity index (χ1n) is 40.9. The zero-order chi connectivity index (χ0) is 86.9. The highest BCUT2D eigenvalue weighted by Crippen LogP contribution is 2.42. The molecule has 10 aromatic carbocycles. The third kappa shape index (κ3) is 29.6. The summed E-state index contributed by atoms with van der Waals surface area (Å²) in [5.41, 5.74) is 17.0. The minimum Gasteiger partial charge on any atom is -0.497 e. The van der Waals surface area contributed by atoms with Crippen LogP contribution in [0.2, 0.25) is 0 Å². The second-order valence-corrected chi connectivity index (χ2v) is 31.4. The molecule has 0 bridgehead atoms. The lowest BCUT2D eigenvalue weighted by Crippen LogP contribution is -2.13. The number of methoxy groups -OCH3 is 5. The molecule has 0 spiro atoms. The van der Waals surface area contributed by atoms with Gasteiger partial charge in [-0.2, -0.15) is 0 Å². The van der Waals surface area contributed by atoms with Crippen LogP contribution in [0.1, 0.15) is 237 Å². The van der Waals surface area contributed by atoms with Gasteiger partial charge in [0.1, 0.15) is 57.5 Å². The first-order valence-corrected chi connectivity index (χ1v) is 40.9. The SMILES string of the molecule is CCC(CC)C(c1ccc(OC)cc1)c1ccc(OC(C)=O)cc1.COc1ccc(C(CC(C)C)c2ccc(OC(C)=O)cc2)cc1.COc1ccc(C(CC(C)C)c2ccc(OC(C)=O)cc2C)c(C)c1.COc1ccc(C(c2ccc(OC(C)=O)c(C)c2)C(C)C)cc1C.COc1ccc(C(c2ccc(OC(C)=O)cc2)C(C)C)cc1. The molecule has 0 saturated carbocycles. The molecular weight excluding hydrogens is 1480 g/mol. The molecule has 0 N–H and O–H groups in total. The van der Waals surface area contributed by atoms with E-state index in [0.29, 0.717) is 76.1 Å². The normalized spacial score (nSPS) is 12.1. The molecule has 0 saturated heterocycles. The lowest BCUT2D eigenvalue weighted by molar-refractivity contribution is -0.132. The summed E-state index contributed by atoms with van der Waals surface area (Å²) >= 11 is 0. The van der Waals surface area contributed by atoms with Gasteiger partial charge in [-0.25, -0.2) is 0 Å². The molecule has 118 heavy (non-hydrogen) atoms. The summed E-state index contributed by atoms with van der Waals surface area (Å²) in [5, 5.41) is 0. The highest BCUT2D eigenvalue weighted by molar-refractivity contribution is 5.72. The molecule has 0 radical (unpaired) electrons. The van der Waals surface area contributed by atoms with Crippen molar-refractivity contribution in [2.75, 3.05) is 35.5 Å². The lowest BCUT2D eigenvalue weighted by Gasteiger charge is -2.26. The van der Waals surface area contributed by atoms with Crippen molar-refractivity contribution in [3.05, 3.63) is 296 Å². The number of esters is 5. The highest BCUT2D eigenvalue weighted by atomic mass is 16.6. The van der Waals surface area contributed by atoms with Gasteiger partial charge in [0.2, 0.25) is 0 Å². The van der Waals surface area contributed by atoms with E-state index < -0.39 is 0 Å². The minimum atomic E-state index is -0.302. The molecule has 0 aromatic heterocycles. The summed E-state index contributed by atoms with van der Waals surface area (Å²) in [4.78, 5) is 55.5. The van der Waals surface area contributed by atoms with Crippen molar-refractivity contribution in [3.8, 4) is 57.5 Å². The summed E-state index contributed by atoms with van der Waals surface area (Å²) in [5.74, 6) is 9.95. The maximum absolute atomic E-state index is 11.2. The third-order valence-electron chi connectivity index (χ3n) is 20.6. The smallest absolute Gasteiger partial charge is 0.308 e. The molecule has 628 valence electrons. The number of rotatable bonds is 29. The van der Waals surface area contributed by atoms with Gasteiger partial charge in [-0.15, -0.1) is 0 Å². The fourth-order valence-corrected chi connectivity index (χ4v) is 15.1. The Labute approximate surface area is 703 Å². The Morgan fingerprint density at radius 1 is 0.263 bits per heavy atom. The number of hydrogen-bond acceptors (Lipinski definition) is 15. The van der Waals surface area contributed by atoms with Gasteiger partial charge in [0.15, 0.2) is 0 Å². The van der Waals surface area contributed by atoms with Crippen molar-refractivity contribution in [1.82, 2.24) is 0 Å². The molecule has 0 aliphatic carbocycles.